The Labute approximate surface area is 115 Å². The molecule has 3 nitrogen and oxygen atoms in total. The van der Waals surface area contributed by atoms with Crippen LogP contribution in [0.5, 0.6) is 0 Å². The number of esters is 1. The van der Waals surface area contributed by atoms with Gasteiger partial charge in [-0.05, 0) is 42.5 Å². The lowest BCUT2D eigenvalue weighted by molar-refractivity contribution is 0.0601. The smallest absolute Gasteiger partial charge is 0.337 e. The Kier molecular flexibility index (Phi) is 4.13. The highest BCUT2D eigenvalue weighted by molar-refractivity contribution is 5.89. The molecule has 0 radical (unpaired) electrons. The number of methoxy groups -OCH3 is 1. The third-order valence-electron chi connectivity index (χ3n) is 4.48. The van der Waals surface area contributed by atoms with Crippen LogP contribution in [0.2, 0.25) is 0 Å². The number of anilines is 1. The molecule has 19 heavy (non-hydrogen) atoms. The molecule has 0 aliphatic carbocycles. The van der Waals surface area contributed by atoms with Crippen molar-refractivity contribution in [3.8, 4) is 0 Å². The Morgan fingerprint density at radius 2 is 1.84 bits per heavy atom. The van der Waals surface area contributed by atoms with Crippen molar-refractivity contribution in [2.45, 2.75) is 33.1 Å². The van der Waals surface area contributed by atoms with Gasteiger partial charge in [-0.3, -0.25) is 0 Å². The van der Waals surface area contributed by atoms with E-state index < -0.39 is 0 Å². The lowest BCUT2D eigenvalue weighted by Crippen LogP contribution is -2.38. The number of rotatable bonds is 3. The van der Waals surface area contributed by atoms with Crippen LogP contribution in [0.1, 0.15) is 43.5 Å². The molecule has 1 aliphatic rings. The summed E-state index contributed by atoms with van der Waals surface area (Å²) in [6, 6.07) is 7.71. The lowest BCUT2D eigenvalue weighted by atomic mass is 9.78. The highest BCUT2D eigenvalue weighted by atomic mass is 16.5. The molecule has 3 heteroatoms. The molecule has 0 N–H and O–H groups in total. The fourth-order valence-electron chi connectivity index (χ4n) is 2.58. The predicted octanol–water partition coefficient (Wildman–Crippen LogP) is 3.49. The van der Waals surface area contributed by atoms with Crippen LogP contribution in [0.4, 0.5) is 5.69 Å². The van der Waals surface area contributed by atoms with Gasteiger partial charge in [0.1, 0.15) is 0 Å². The van der Waals surface area contributed by atoms with Gasteiger partial charge in [0.15, 0.2) is 0 Å². The van der Waals surface area contributed by atoms with E-state index in [0.29, 0.717) is 11.0 Å². The van der Waals surface area contributed by atoms with E-state index in [1.807, 2.05) is 24.3 Å². The van der Waals surface area contributed by atoms with Crippen LogP contribution in [0.3, 0.4) is 0 Å². The fourth-order valence-corrected chi connectivity index (χ4v) is 2.58. The third kappa shape index (κ3) is 3.09. The predicted molar refractivity (Wildman–Crippen MR) is 77.6 cm³/mol. The first-order valence-electron chi connectivity index (χ1n) is 7.01. The number of ether oxygens (including phenoxy) is 1. The Bertz CT molecular complexity index is 431. The molecule has 1 heterocycles. The van der Waals surface area contributed by atoms with Gasteiger partial charge in [-0.25, -0.2) is 4.79 Å². The third-order valence-corrected chi connectivity index (χ3v) is 4.48. The zero-order valence-electron chi connectivity index (χ0n) is 12.1. The van der Waals surface area contributed by atoms with E-state index in [1.54, 1.807) is 0 Å². The molecule has 104 valence electrons. The van der Waals surface area contributed by atoms with E-state index in [-0.39, 0.29) is 5.97 Å². The second kappa shape index (κ2) is 5.64. The number of benzene rings is 1. The second-order valence-electron chi connectivity index (χ2n) is 5.69. The molecule has 1 saturated heterocycles. The van der Waals surface area contributed by atoms with E-state index in [4.69, 9.17) is 4.74 Å². The summed E-state index contributed by atoms with van der Waals surface area (Å²) < 4.78 is 4.71. The summed E-state index contributed by atoms with van der Waals surface area (Å²) in [7, 11) is 1.41. The Balaban J connectivity index is 2.02. The van der Waals surface area contributed by atoms with E-state index >= 15 is 0 Å². The maximum Gasteiger partial charge on any atom is 0.337 e. The number of carbonyl (C=O) groups excluding carboxylic acids is 1. The molecule has 1 fully saturated rings. The average Bonchev–Trinajstić information content (AvgIpc) is 2.47. The van der Waals surface area contributed by atoms with Crippen LogP contribution in [0.15, 0.2) is 24.3 Å². The molecular formula is C16H23NO2. The molecule has 0 bridgehead atoms. The Morgan fingerprint density at radius 1 is 1.26 bits per heavy atom. The number of piperidine rings is 1. The summed E-state index contributed by atoms with van der Waals surface area (Å²) in [6.45, 7) is 6.86. The molecule has 0 atom stereocenters. The average molecular weight is 261 g/mol. The summed E-state index contributed by atoms with van der Waals surface area (Å²) in [5.74, 6) is -0.274. The van der Waals surface area contributed by atoms with Crippen molar-refractivity contribution in [2.75, 3.05) is 25.1 Å². The van der Waals surface area contributed by atoms with Crippen LogP contribution in [0, 0.1) is 5.41 Å². The largest absolute Gasteiger partial charge is 0.465 e. The van der Waals surface area contributed by atoms with Crippen LogP contribution < -0.4 is 4.90 Å². The van der Waals surface area contributed by atoms with Gasteiger partial charge in [-0.15, -0.1) is 0 Å². The summed E-state index contributed by atoms with van der Waals surface area (Å²) in [4.78, 5) is 13.8. The number of hydrogen-bond donors (Lipinski definition) is 0. The zero-order valence-corrected chi connectivity index (χ0v) is 12.1. The number of nitrogens with zero attached hydrogens (tertiary/aromatic N) is 1. The summed E-state index contributed by atoms with van der Waals surface area (Å²) in [5.41, 5.74) is 2.31. The minimum atomic E-state index is -0.274. The highest BCUT2D eigenvalue weighted by Gasteiger charge is 2.28. The summed E-state index contributed by atoms with van der Waals surface area (Å²) in [6.07, 6.45) is 3.73. The van der Waals surface area contributed by atoms with Crippen molar-refractivity contribution in [1.82, 2.24) is 0 Å². The summed E-state index contributed by atoms with van der Waals surface area (Å²) in [5, 5.41) is 0. The maximum absolute atomic E-state index is 11.4. The van der Waals surface area contributed by atoms with E-state index in [0.717, 1.165) is 13.1 Å². The topological polar surface area (TPSA) is 29.5 Å². The Hall–Kier alpha value is -1.51. The van der Waals surface area contributed by atoms with E-state index in [1.165, 1.54) is 32.1 Å². The lowest BCUT2D eigenvalue weighted by Gasteiger charge is -2.40. The first kappa shape index (κ1) is 13.9. The van der Waals surface area contributed by atoms with Crippen LogP contribution in [-0.4, -0.2) is 26.2 Å². The molecule has 0 unspecified atom stereocenters. The van der Waals surface area contributed by atoms with Gasteiger partial charge < -0.3 is 9.64 Å². The molecule has 1 aromatic rings. The van der Waals surface area contributed by atoms with Gasteiger partial charge in [0, 0.05) is 18.8 Å². The van der Waals surface area contributed by atoms with Crippen LogP contribution >= 0.6 is 0 Å². The molecule has 0 saturated carbocycles. The van der Waals surface area contributed by atoms with Gasteiger partial charge >= 0.3 is 5.97 Å². The maximum atomic E-state index is 11.4. The van der Waals surface area contributed by atoms with E-state index in [2.05, 4.69) is 18.7 Å². The molecule has 0 spiro atoms. The van der Waals surface area contributed by atoms with Crippen molar-refractivity contribution in [3.05, 3.63) is 29.8 Å². The van der Waals surface area contributed by atoms with Crippen LogP contribution in [-0.2, 0) is 4.74 Å². The number of carbonyl (C=O) groups is 1. The standard InChI is InChI=1S/C16H23NO2/c1-4-16(2)9-11-17(12-10-16)14-7-5-13(6-8-14)15(18)19-3/h5-8H,4,9-12H2,1-3H3. The normalized spacial score (nSPS) is 18.2. The minimum Gasteiger partial charge on any atom is -0.465 e. The Morgan fingerprint density at radius 3 is 2.32 bits per heavy atom. The van der Waals surface area contributed by atoms with Crippen molar-refractivity contribution in [2.24, 2.45) is 5.41 Å². The fraction of sp³-hybridized carbons (Fsp3) is 0.562. The molecule has 1 aromatic carbocycles. The van der Waals surface area contributed by atoms with Gasteiger partial charge in [0.05, 0.1) is 12.7 Å². The first-order valence-corrected chi connectivity index (χ1v) is 7.01. The van der Waals surface area contributed by atoms with Gasteiger partial charge in [-0.1, -0.05) is 20.3 Å². The van der Waals surface area contributed by atoms with E-state index in [9.17, 15) is 4.79 Å². The first-order chi connectivity index (χ1) is 9.08. The zero-order chi connectivity index (χ0) is 13.9. The minimum absolute atomic E-state index is 0.274. The monoisotopic (exact) mass is 261 g/mol. The van der Waals surface area contributed by atoms with Gasteiger partial charge in [-0.2, -0.15) is 0 Å². The number of hydrogen-bond acceptors (Lipinski definition) is 3. The second-order valence-corrected chi connectivity index (χ2v) is 5.69. The molecule has 1 aliphatic heterocycles. The molecule has 2 rings (SSSR count). The highest BCUT2D eigenvalue weighted by Crippen LogP contribution is 2.35. The van der Waals surface area contributed by atoms with Gasteiger partial charge in [0.25, 0.3) is 0 Å². The van der Waals surface area contributed by atoms with Crippen molar-refractivity contribution >= 4 is 11.7 Å². The van der Waals surface area contributed by atoms with Gasteiger partial charge in [0.2, 0.25) is 0 Å². The van der Waals surface area contributed by atoms with Crippen LogP contribution in [0.25, 0.3) is 0 Å². The van der Waals surface area contributed by atoms with Crippen molar-refractivity contribution in [1.29, 1.82) is 0 Å². The quantitative estimate of drug-likeness (QED) is 0.780. The SMILES string of the molecule is CCC1(C)CCN(c2ccc(C(=O)OC)cc2)CC1. The molecular weight excluding hydrogens is 238 g/mol. The summed E-state index contributed by atoms with van der Waals surface area (Å²) >= 11 is 0. The van der Waals surface area contributed by atoms with Crippen molar-refractivity contribution < 1.29 is 9.53 Å². The molecule has 0 aromatic heterocycles. The van der Waals surface area contributed by atoms with Crippen molar-refractivity contribution in [3.63, 3.8) is 0 Å². The molecule has 0 amide bonds.